The Balaban J connectivity index is 2.13. The molecule has 3 N–H and O–H groups in total. The molecular weight excluding hydrogens is 406 g/mol. The number of ether oxygens (including phenoxy) is 2. The number of hydrogen-bond acceptors (Lipinski definition) is 6. The average molecular weight is 432 g/mol. The third kappa shape index (κ3) is 7.46. The fraction of sp³-hybridized carbons (Fsp3) is 0.273. The van der Waals surface area contributed by atoms with Crippen LogP contribution < -0.4 is 5.32 Å². The number of carboxylic acid groups (broad SMARTS) is 1. The first-order valence-corrected chi connectivity index (χ1v) is 10.5. The number of aromatic hydroxyl groups is 1. The van der Waals surface area contributed by atoms with Crippen molar-refractivity contribution in [1.29, 1.82) is 0 Å². The van der Waals surface area contributed by atoms with Gasteiger partial charge in [-0.25, -0.2) is 9.59 Å². The van der Waals surface area contributed by atoms with Crippen molar-refractivity contribution < 1.29 is 29.3 Å². The molecule has 0 aliphatic carbocycles. The maximum atomic E-state index is 12.5. The zero-order chi connectivity index (χ0) is 21.9. The van der Waals surface area contributed by atoms with Crippen LogP contribution in [0.1, 0.15) is 24.5 Å². The fourth-order valence-corrected chi connectivity index (χ4v) is 3.21. The number of phenolic OH excluding ortho intramolecular Hbond substituents is 1. The molecule has 0 radical (unpaired) electrons. The van der Waals surface area contributed by atoms with Crippen LogP contribution in [0.2, 0.25) is 0 Å². The lowest BCUT2D eigenvalue weighted by Crippen LogP contribution is -2.28. The largest absolute Gasteiger partial charge is 0.508 e. The molecule has 0 aliphatic heterocycles. The molecule has 2 aromatic rings. The summed E-state index contributed by atoms with van der Waals surface area (Å²) in [5.41, 5.74) is 1.25. The van der Waals surface area contributed by atoms with Crippen LogP contribution in [0.5, 0.6) is 5.75 Å². The highest BCUT2D eigenvalue weighted by Gasteiger charge is 2.27. The number of aliphatic carboxylic acids is 1. The summed E-state index contributed by atoms with van der Waals surface area (Å²) >= 11 is 1.60. The smallest absolute Gasteiger partial charge is 0.412 e. The van der Waals surface area contributed by atoms with Crippen molar-refractivity contribution in [3.05, 3.63) is 66.2 Å². The monoisotopic (exact) mass is 431 g/mol. The molecule has 2 aromatic carbocycles. The Hall–Kier alpha value is -2.97. The number of phenols is 1. The summed E-state index contributed by atoms with van der Waals surface area (Å²) in [6, 6.07) is 13.7. The Bertz CT molecular complexity index is 851. The maximum Gasteiger partial charge on any atom is 0.412 e. The van der Waals surface area contributed by atoms with Gasteiger partial charge in [-0.05, 0) is 61.1 Å². The summed E-state index contributed by atoms with van der Waals surface area (Å²) < 4.78 is 11.2. The van der Waals surface area contributed by atoms with Gasteiger partial charge >= 0.3 is 12.1 Å². The van der Waals surface area contributed by atoms with Crippen molar-refractivity contribution in [3.8, 4) is 5.75 Å². The van der Waals surface area contributed by atoms with E-state index in [1.807, 2.05) is 18.4 Å². The zero-order valence-corrected chi connectivity index (χ0v) is 17.6. The van der Waals surface area contributed by atoms with E-state index in [0.717, 1.165) is 11.0 Å². The molecule has 0 fully saturated rings. The molecule has 2 atom stereocenters. The van der Waals surface area contributed by atoms with E-state index in [2.05, 4.69) is 5.32 Å². The SMILES string of the molecule is CO[C@H](CC/C=C/C(=O)O)[C@H](OC(=O)Nc1ccc(SC)cc1)c1ccc(O)cc1. The fourth-order valence-electron chi connectivity index (χ4n) is 2.80. The number of allylic oxidation sites excluding steroid dienone is 1. The van der Waals surface area contributed by atoms with E-state index < -0.39 is 24.3 Å². The minimum atomic E-state index is -1.03. The number of anilines is 1. The van der Waals surface area contributed by atoms with E-state index in [-0.39, 0.29) is 5.75 Å². The number of carbonyl (C=O) groups excluding carboxylic acids is 1. The molecule has 0 bridgehead atoms. The standard InChI is InChI=1S/C22H25NO6S/c1-28-19(5-3-4-6-20(25)26)21(15-7-11-17(24)12-8-15)29-22(27)23-16-9-13-18(30-2)14-10-16/h4,6-14,19,21,24H,3,5H2,1-2H3,(H,23,27)(H,25,26)/b6-4+/t19-,21-/m1/s1. The minimum absolute atomic E-state index is 0.0918. The lowest BCUT2D eigenvalue weighted by molar-refractivity contribution is -0.131. The topological polar surface area (TPSA) is 105 Å². The van der Waals surface area contributed by atoms with Crippen LogP contribution in [-0.4, -0.2) is 41.7 Å². The van der Waals surface area contributed by atoms with Gasteiger partial charge < -0.3 is 19.7 Å². The Kier molecular flexibility index (Phi) is 9.24. The van der Waals surface area contributed by atoms with E-state index in [4.69, 9.17) is 14.6 Å². The van der Waals surface area contributed by atoms with Crippen molar-refractivity contribution in [1.82, 2.24) is 0 Å². The molecule has 0 heterocycles. The molecule has 1 amide bonds. The van der Waals surface area contributed by atoms with Crippen molar-refractivity contribution in [2.45, 2.75) is 29.9 Å². The van der Waals surface area contributed by atoms with Crippen molar-refractivity contribution >= 4 is 29.5 Å². The summed E-state index contributed by atoms with van der Waals surface area (Å²) in [6.45, 7) is 0. The zero-order valence-electron chi connectivity index (χ0n) is 16.8. The van der Waals surface area contributed by atoms with Gasteiger partial charge in [-0.1, -0.05) is 18.2 Å². The van der Waals surface area contributed by atoms with Crippen molar-refractivity contribution in [3.63, 3.8) is 0 Å². The molecular formula is C22H25NO6S. The highest BCUT2D eigenvalue weighted by atomic mass is 32.2. The lowest BCUT2D eigenvalue weighted by Gasteiger charge is -2.26. The number of carboxylic acids is 1. The quantitative estimate of drug-likeness (QED) is 0.365. The second-order valence-corrected chi connectivity index (χ2v) is 7.24. The molecule has 160 valence electrons. The van der Waals surface area contributed by atoms with Gasteiger partial charge in [-0.3, -0.25) is 5.32 Å². The van der Waals surface area contributed by atoms with Gasteiger partial charge in [0, 0.05) is 23.8 Å². The van der Waals surface area contributed by atoms with Gasteiger partial charge in [-0.2, -0.15) is 0 Å². The number of amides is 1. The van der Waals surface area contributed by atoms with Gasteiger partial charge in [0.1, 0.15) is 5.75 Å². The van der Waals surface area contributed by atoms with Crippen LogP contribution in [0.15, 0.2) is 65.6 Å². The highest BCUT2D eigenvalue weighted by molar-refractivity contribution is 7.98. The van der Waals surface area contributed by atoms with Crippen LogP contribution in [-0.2, 0) is 14.3 Å². The maximum absolute atomic E-state index is 12.5. The van der Waals surface area contributed by atoms with E-state index >= 15 is 0 Å². The Morgan fingerprint density at radius 3 is 2.37 bits per heavy atom. The first kappa shape index (κ1) is 23.3. The summed E-state index contributed by atoms with van der Waals surface area (Å²) in [4.78, 5) is 24.2. The van der Waals surface area contributed by atoms with Crippen LogP contribution in [0.3, 0.4) is 0 Å². The lowest BCUT2D eigenvalue weighted by atomic mass is 10.00. The van der Waals surface area contributed by atoms with Crippen molar-refractivity contribution in [2.75, 3.05) is 18.7 Å². The van der Waals surface area contributed by atoms with Crippen LogP contribution in [0, 0.1) is 0 Å². The first-order valence-electron chi connectivity index (χ1n) is 9.25. The van der Waals surface area contributed by atoms with Gasteiger partial charge in [0.05, 0.1) is 6.10 Å². The number of nitrogens with one attached hydrogen (secondary N) is 1. The normalized spacial score (nSPS) is 13.0. The molecule has 0 saturated heterocycles. The van der Waals surface area contributed by atoms with Gasteiger partial charge in [0.2, 0.25) is 0 Å². The predicted molar refractivity (Wildman–Crippen MR) is 116 cm³/mol. The van der Waals surface area contributed by atoms with E-state index in [1.54, 1.807) is 36.0 Å². The van der Waals surface area contributed by atoms with Crippen LogP contribution in [0.25, 0.3) is 0 Å². The predicted octanol–water partition coefficient (Wildman–Crippen LogP) is 4.84. The Morgan fingerprint density at radius 2 is 1.80 bits per heavy atom. The van der Waals surface area contributed by atoms with Gasteiger partial charge in [-0.15, -0.1) is 11.8 Å². The van der Waals surface area contributed by atoms with Crippen LogP contribution >= 0.6 is 11.8 Å². The molecule has 0 unspecified atom stereocenters. The first-order chi connectivity index (χ1) is 14.4. The van der Waals surface area contributed by atoms with E-state index in [9.17, 15) is 14.7 Å². The third-order valence-electron chi connectivity index (χ3n) is 4.31. The summed E-state index contributed by atoms with van der Waals surface area (Å²) in [5, 5.41) is 21.0. The molecule has 0 aliphatic rings. The summed E-state index contributed by atoms with van der Waals surface area (Å²) in [7, 11) is 1.50. The van der Waals surface area contributed by atoms with Crippen LogP contribution in [0.4, 0.5) is 10.5 Å². The number of thioether (sulfide) groups is 1. The highest BCUT2D eigenvalue weighted by Crippen LogP contribution is 2.28. The number of benzene rings is 2. The van der Waals surface area contributed by atoms with Gasteiger partial charge in [0.15, 0.2) is 6.10 Å². The molecule has 8 heteroatoms. The van der Waals surface area contributed by atoms with E-state index in [0.29, 0.717) is 24.1 Å². The molecule has 30 heavy (non-hydrogen) atoms. The number of hydrogen-bond donors (Lipinski definition) is 3. The summed E-state index contributed by atoms with van der Waals surface area (Å²) in [5.74, 6) is -0.934. The summed E-state index contributed by atoms with van der Waals surface area (Å²) in [6.07, 6.45) is 3.51. The number of rotatable bonds is 10. The second-order valence-electron chi connectivity index (χ2n) is 6.36. The minimum Gasteiger partial charge on any atom is -0.508 e. The second kappa shape index (κ2) is 11.9. The van der Waals surface area contributed by atoms with Crippen molar-refractivity contribution in [2.24, 2.45) is 0 Å². The number of carbonyl (C=O) groups is 2. The number of methoxy groups -OCH3 is 1. The molecule has 0 spiro atoms. The van der Waals surface area contributed by atoms with E-state index in [1.165, 1.54) is 25.3 Å². The average Bonchev–Trinajstić information content (AvgIpc) is 2.73. The Morgan fingerprint density at radius 1 is 1.13 bits per heavy atom. The molecule has 2 rings (SSSR count). The molecule has 0 aromatic heterocycles. The van der Waals surface area contributed by atoms with Gasteiger partial charge in [0.25, 0.3) is 0 Å². The Labute approximate surface area is 179 Å². The molecule has 0 saturated carbocycles. The third-order valence-corrected chi connectivity index (χ3v) is 5.05. The molecule has 7 nitrogen and oxygen atoms in total.